The summed E-state index contributed by atoms with van der Waals surface area (Å²) in [5, 5.41) is 6.09. The van der Waals surface area contributed by atoms with E-state index in [1.165, 1.54) is 16.0 Å². The van der Waals surface area contributed by atoms with Crippen molar-refractivity contribution in [3.63, 3.8) is 0 Å². The van der Waals surface area contributed by atoms with Crippen LogP contribution in [0.5, 0.6) is 0 Å². The van der Waals surface area contributed by atoms with E-state index in [-0.39, 0.29) is 5.91 Å². The number of ether oxygens (including phenoxy) is 1. The fraction of sp³-hybridized carbons (Fsp3) is 0.556. The van der Waals surface area contributed by atoms with Crippen molar-refractivity contribution < 1.29 is 14.1 Å². The number of amides is 1. The zero-order valence-corrected chi connectivity index (χ0v) is 15.5. The van der Waals surface area contributed by atoms with Gasteiger partial charge in [0.25, 0.3) is 5.91 Å². The SMILES string of the molecule is Cc1noc(C)c1CN1CCc2c(C(=O)N3CCOCC3)csc2C1. The maximum absolute atomic E-state index is 12.8. The Kier molecular flexibility index (Phi) is 4.62. The number of fused-ring (bicyclic) bond motifs is 1. The highest BCUT2D eigenvalue weighted by Crippen LogP contribution is 2.31. The first-order valence-electron chi connectivity index (χ1n) is 8.74. The van der Waals surface area contributed by atoms with E-state index >= 15 is 0 Å². The molecule has 0 spiro atoms. The van der Waals surface area contributed by atoms with Gasteiger partial charge < -0.3 is 14.2 Å². The van der Waals surface area contributed by atoms with Crippen LogP contribution >= 0.6 is 11.3 Å². The third-order valence-electron chi connectivity index (χ3n) is 5.12. The quantitative estimate of drug-likeness (QED) is 0.840. The molecule has 0 N–H and O–H groups in total. The number of carbonyl (C=O) groups is 1. The number of thiophene rings is 1. The Balaban J connectivity index is 1.48. The van der Waals surface area contributed by atoms with Crippen LogP contribution < -0.4 is 0 Å². The molecule has 0 aliphatic carbocycles. The molecule has 2 aromatic rings. The molecule has 1 fully saturated rings. The van der Waals surface area contributed by atoms with Gasteiger partial charge in [-0.05, 0) is 25.8 Å². The van der Waals surface area contributed by atoms with Crippen molar-refractivity contribution >= 4 is 17.2 Å². The van der Waals surface area contributed by atoms with Gasteiger partial charge >= 0.3 is 0 Å². The molecule has 0 aromatic carbocycles. The Morgan fingerprint density at radius 2 is 2.08 bits per heavy atom. The van der Waals surface area contributed by atoms with E-state index in [0.29, 0.717) is 26.3 Å². The molecule has 2 aromatic heterocycles. The second-order valence-electron chi connectivity index (χ2n) is 6.72. The van der Waals surface area contributed by atoms with Crippen molar-refractivity contribution in [1.29, 1.82) is 0 Å². The maximum Gasteiger partial charge on any atom is 0.255 e. The second kappa shape index (κ2) is 6.90. The van der Waals surface area contributed by atoms with Crippen LogP contribution in [-0.4, -0.2) is 53.7 Å². The van der Waals surface area contributed by atoms with Gasteiger partial charge in [0, 0.05) is 48.5 Å². The van der Waals surface area contributed by atoms with Gasteiger partial charge in [0.15, 0.2) is 0 Å². The van der Waals surface area contributed by atoms with Crippen LogP contribution in [-0.2, 0) is 24.2 Å². The van der Waals surface area contributed by atoms with Crippen molar-refractivity contribution in [3.8, 4) is 0 Å². The average Bonchev–Trinajstić information content (AvgIpc) is 3.20. The molecule has 0 atom stereocenters. The summed E-state index contributed by atoms with van der Waals surface area (Å²) in [6.07, 6.45) is 0.924. The van der Waals surface area contributed by atoms with E-state index in [1.54, 1.807) is 11.3 Å². The Bertz CT molecular complexity index is 757. The smallest absolute Gasteiger partial charge is 0.255 e. The zero-order valence-electron chi connectivity index (χ0n) is 14.7. The molecule has 0 saturated carbocycles. The molecular formula is C18H23N3O3S. The first-order chi connectivity index (χ1) is 12.1. The highest BCUT2D eigenvalue weighted by Gasteiger charge is 2.27. The largest absolute Gasteiger partial charge is 0.378 e. The Morgan fingerprint density at radius 1 is 1.28 bits per heavy atom. The number of rotatable bonds is 3. The minimum atomic E-state index is 0.167. The van der Waals surface area contributed by atoms with Gasteiger partial charge in [0.2, 0.25) is 0 Å². The molecule has 0 bridgehead atoms. The fourth-order valence-electron chi connectivity index (χ4n) is 3.58. The Hall–Kier alpha value is -1.70. The van der Waals surface area contributed by atoms with Crippen molar-refractivity contribution in [3.05, 3.63) is 38.4 Å². The lowest BCUT2D eigenvalue weighted by molar-refractivity contribution is 0.0302. The number of carbonyl (C=O) groups excluding carboxylic acids is 1. The molecule has 134 valence electrons. The maximum atomic E-state index is 12.8. The van der Waals surface area contributed by atoms with Crippen molar-refractivity contribution in [2.75, 3.05) is 32.8 Å². The summed E-state index contributed by atoms with van der Waals surface area (Å²) in [6.45, 7) is 9.33. The molecular weight excluding hydrogens is 338 g/mol. The number of nitrogens with zero attached hydrogens (tertiary/aromatic N) is 3. The van der Waals surface area contributed by atoms with Gasteiger partial charge in [0.1, 0.15) is 5.76 Å². The Labute approximate surface area is 151 Å². The predicted molar refractivity (Wildman–Crippen MR) is 94.8 cm³/mol. The van der Waals surface area contributed by atoms with E-state index < -0.39 is 0 Å². The summed E-state index contributed by atoms with van der Waals surface area (Å²) >= 11 is 1.71. The van der Waals surface area contributed by atoms with Crippen LogP contribution in [0.4, 0.5) is 0 Å². The van der Waals surface area contributed by atoms with E-state index in [9.17, 15) is 4.79 Å². The topological polar surface area (TPSA) is 58.8 Å². The normalized spacial score (nSPS) is 18.4. The van der Waals surface area contributed by atoms with E-state index in [0.717, 1.165) is 43.1 Å². The summed E-state index contributed by atoms with van der Waals surface area (Å²) in [4.78, 5) is 18.4. The second-order valence-corrected chi connectivity index (χ2v) is 7.68. The fourth-order valence-corrected chi connectivity index (χ4v) is 4.70. The minimum Gasteiger partial charge on any atom is -0.378 e. The summed E-state index contributed by atoms with van der Waals surface area (Å²) in [5.74, 6) is 1.07. The van der Waals surface area contributed by atoms with Crippen molar-refractivity contribution in [2.45, 2.75) is 33.4 Å². The van der Waals surface area contributed by atoms with Crippen LogP contribution in [0.2, 0.25) is 0 Å². The first kappa shape index (κ1) is 16.8. The third kappa shape index (κ3) is 3.23. The lowest BCUT2D eigenvalue weighted by Gasteiger charge is -2.29. The molecule has 25 heavy (non-hydrogen) atoms. The van der Waals surface area contributed by atoms with Crippen LogP contribution in [0.1, 0.15) is 37.8 Å². The molecule has 2 aliphatic rings. The summed E-state index contributed by atoms with van der Waals surface area (Å²) in [7, 11) is 0. The minimum absolute atomic E-state index is 0.167. The number of hydrogen-bond acceptors (Lipinski definition) is 6. The number of aromatic nitrogens is 1. The van der Waals surface area contributed by atoms with Crippen LogP contribution in [0.15, 0.2) is 9.90 Å². The van der Waals surface area contributed by atoms with Crippen LogP contribution in [0.3, 0.4) is 0 Å². The van der Waals surface area contributed by atoms with Crippen LogP contribution in [0, 0.1) is 13.8 Å². The van der Waals surface area contributed by atoms with Gasteiger partial charge in [0.05, 0.1) is 24.5 Å². The third-order valence-corrected chi connectivity index (χ3v) is 6.13. The molecule has 1 saturated heterocycles. The number of aryl methyl sites for hydroxylation is 2. The van der Waals surface area contributed by atoms with Gasteiger partial charge in [-0.1, -0.05) is 5.16 Å². The van der Waals surface area contributed by atoms with Gasteiger partial charge in [-0.2, -0.15) is 0 Å². The predicted octanol–water partition coefficient (Wildman–Crippen LogP) is 2.38. The van der Waals surface area contributed by atoms with Crippen molar-refractivity contribution in [1.82, 2.24) is 15.0 Å². The molecule has 7 heteroatoms. The highest BCUT2D eigenvalue weighted by molar-refractivity contribution is 7.10. The monoisotopic (exact) mass is 361 g/mol. The molecule has 0 radical (unpaired) electrons. The average molecular weight is 361 g/mol. The molecule has 2 aliphatic heterocycles. The lowest BCUT2D eigenvalue weighted by atomic mass is 10.0. The van der Waals surface area contributed by atoms with Gasteiger partial charge in [-0.15, -0.1) is 11.3 Å². The number of morpholine rings is 1. The van der Waals surface area contributed by atoms with Gasteiger partial charge in [-0.3, -0.25) is 9.69 Å². The van der Waals surface area contributed by atoms with Gasteiger partial charge in [-0.25, -0.2) is 0 Å². The highest BCUT2D eigenvalue weighted by atomic mass is 32.1. The molecule has 0 unspecified atom stereocenters. The van der Waals surface area contributed by atoms with E-state index in [1.807, 2.05) is 24.1 Å². The lowest BCUT2D eigenvalue weighted by Crippen LogP contribution is -2.41. The molecule has 1 amide bonds. The molecule has 6 nitrogen and oxygen atoms in total. The Morgan fingerprint density at radius 3 is 2.80 bits per heavy atom. The molecule has 4 rings (SSSR count). The van der Waals surface area contributed by atoms with E-state index in [4.69, 9.17) is 9.26 Å². The first-order valence-corrected chi connectivity index (χ1v) is 9.62. The summed E-state index contributed by atoms with van der Waals surface area (Å²) in [6, 6.07) is 0. The molecule has 4 heterocycles. The number of hydrogen-bond donors (Lipinski definition) is 0. The summed E-state index contributed by atoms with van der Waals surface area (Å²) < 4.78 is 10.6. The van der Waals surface area contributed by atoms with Crippen molar-refractivity contribution in [2.24, 2.45) is 0 Å². The summed E-state index contributed by atoms with van der Waals surface area (Å²) in [5.41, 5.74) is 4.30. The van der Waals surface area contributed by atoms with E-state index in [2.05, 4.69) is 10.1 Å². The zero-order chi connectivity index (χ0) is 17.4. The standard InChI is InChI=1S/C18H23N3O3S/c1-12-15(13(2)24-19-12)9-20-4-3-14-16(11-25-17(14)10-20)18(22)21-5-7-23-8-6-21/h11H,3-10H2,1-2H3. The van der Waals surface area contributed by atoms with Crippen LogP contribution in [0.25, 0.3) is 0 Å².